The summed E-state index contributed by atoms with van der Waals surface area (Å²) in [5.41, 5.74) is 6.07. The Labute approximate surface area is 108 Å². The molecule has 0 fully saturated rings. The highest BCUT2D eigenvalue weighted by Crippen LogP contribution is 2.11. The first-order valence-corrected chi connectivity index (χ1v) is 7.42. The second kappa shape index (κ2) is 5.49. The maximum absolute atomic E-state index is 12.0. The van der Waals surface area contributed by atoms with E-state index in [-0.39, 0.29) is 16.8 Å². The first-order valence-electron chi connectivity index (χ1n) is 5.53. The molecule has 1 aromatic carbocycles. The summed E-state index contributed by atoms with van der Waals surface area (Å²) in [6.45, 7) is 2.27. The van der Waals surface area contributed by atoms with E-state index in [9.17, 15) is 13.2 Å². The van der Waals surface area contributed by atoms with Crippen molar-refractivity contribution in [3.8, 4) is 0 Å². The average molecular weight is 270 g/mol. The fourth-order valence-electron chi connectivity index (χ4n) is 1.58. The van der Waals surface area contributed by atoms with Crippen LogP contribution in [0.3, 0.4) is 0 Å². The summed E-state index contributed by atoms with van der Waals surface area (Å²) in [4.78, 5) is 13.7. The van der Waals surface area contributed by atoms with Gasteiger partial charge in [0.05, 0.1) is 4.90 Å². The molecule has 1 rings (SSSR count). The molecule has 18 heavy (non-hydrogen) atoms. The van der Waals surface area contributed by atoms with Gasteiger partial charge in [0.25, 0.3) is 5.91 Å². The molecule has 1 unspecified atom stereocenters. The zero-order chi connectivity index (χ0) is 13.9. The highest BCUT2D eigenvalue weighted by Gasteiger charge is 2.14. The third-order valence-electron chi connectivity index (χ3n) is 2.44. The minimum Gasteiger partial charge on any atom is -0.340 e. The van der Waals surface area contributed by atoms with E-state index in [0.717, 1.165) is 6.26 Å². The number of likely N-dealkylation sites (N-methyl/N-ethyl adjacent to an activating group) is 1. The number of hydrogen-bond acceptors (Lipinski definition) is 4. The van der Waals surface area contributed by atoms with E-state index >= 15 is 0 Å². The summed E-state index contributed by atoms with van der Waals surface area (Å²) in [6, 6.07) is 5.78. The number of carbonyl (C=O) groups excluding carboxylic acids is 1. The van der Waals surface area contributed by atoms with E-state index < -0.39 is 9.84 Å². The quantitative estimate of drug-likeness (QED) is 0.864. The van der Waals surface area contributed by atoms with E-state index in [1.54, 1.807) is 7.05 Å². The van der Waals surface area contributed by atoms with Crippen LogP contribution in [-0.2, 0) is 9.84 Å². The Balaban J connectivity index is 2.89. The number of sulfone groups is 1. The molecule has 0 aromatic heterocycles. The molecule has 0 heterocycles. The molecular formula is C12H18N2O3S. The van der Waals surface area contributed by atoms with Gasteiger partial charge in [0, 0.05) is 31.5 Å². The molecule has 0 spiro atoms. The van der Waals surface area contributed by atoms with Crippen LogP contribution in [0.4, 0.5) is 0 Å². The van der Waals surface area contributed by atoms with Crippen molar-refractivity contribution in [3.05, 3.63) is 29.8 Å². The monoisotopic (exact) mass is 270 g/mol. The van der Waals surface area contributed by atoms with Crippen molar-refractivity contribution in [2.75, 3.05) is 19.8 Å². The summed E-state index contributed by atoms with van der Waals surface area (Å²) < 4.78 is 22.6. The summed E-state index contributed by atoms with van der Waals surface area (Å²) >= 11 is 0. The molecule has 0 saturated heterocycles. The van der Waals surface area contributed by atoms with Crippen LogP contribution in [0.1, 0.15) is 17.3 Å². The van der Waals surface area contributed by atoms with E-state index in [1.807, 2.05) is 6.92 Å². The highest BCUT2D eigenvalue weighted by atomic mass is 32.2. The van der Waals surface area contributed by atoms with Crippen molar-refractivity contribution < 1.29 is 13.2 Å². The molecule has 0 radical (unpaired) electrons. The van der Waals surface area contributed by atoms with E-state index in [1.165, 1.54) is 29.2 Å². The van der Waals surface area contributed by atoms with E-state index in [4.69, 9.17) is 5.73 Å². The first kappa shape index (κ1) is 14.7. The van der Waals surface area contributed by atoms with Gasteiger partial charge in [0.2, 0.25) is 0 Å². The molecule has 0 aliphatic rings. The van der Waals surface area contributed by atoms with Crippen LogP contribution in [0.25, 0.3) is 0 Å². The van der Waals surface area contributed by atoms with Crippen molar-refractivity contribution in [3.63, 3.8) is 0 Å². The second-order valence-electron chi connectivity index (χ2n) is 4.46. The van der Waals surface area contributed by atoms with Gasteiger partial charge in [-0.3, -0.25) is 4.79 Å². The number of nitrogens with zero attached hydrogens (tertiary/aromatic N) is 1. The van der Waals surface area contributed by atoms with Crippen LogP contribution < -0.4 is 5.73 Å². The van der Waals surface area contributed by atoms with Gasteiger partial charge in [-0.25, -0.2) is 8.42 Å². The average Bonchev–Trinajstić information content (AvgIpc) is 2.26. The Kier molecular flexibility index (Phi) is 4.48. The maximum atomic E-state index is 12.0. The second-order valence-corrected chi connectivity index (χ2v) is 6.48. The summed E-state index contributed by atoms with van der Waals surface area (Å²) in [6.07, 6.45) is 1.13. The molecule has 5 nitrogen and oxygen atoms in total. The van der Waals surface area contributed by atoms with E-state index in [2.05, 4.69) is 0 Å². The predicted molar refractivity (Wildman–Crippen MR) is 70.2 cm³/mol. The maximum Gasteiger partial charge on any atom is 0.253 e. The fourth-order valence-corrected chi connectivity index (χ4v) is 2.21. The summed E-state index contributed by atoms with van der Waals surface area (Å²) in [5, 5.41) is 0. The van der Waals surface area contributed by atoms with E-state index in [0.29, 0.717) is 12.1 Å². The lowest BCUT2D eigenvalue weighted by Gasteiger charge is -2.19. The van der Waals surface area contributed by atoms with Crippen LogP contribution in [-0.4, -0.2) is 45.1 Å². The van der Waals surface area contributed by atoms with Crippen molar-refractivity contribution >= 4 is 15.7 Å². The minimum atomic E-state index is -3.23. The molecule has 1 aromatic rings. The predicted octanol–water partition coefficient (Wildman–Crippen LogP) is 0.509. The number of hydrogen-bond donors (Lipinski definition) is 1. The third kappa shape index (κ3) is 3.82. The number of nitrogens with two attached hydrogens (primary N) is 1. The molecule has 6 heteroatoms. The van der Waals surface area contributed by atoms with Gasteiger partial charge in [-0.15, -0.1) is 0 Å². The molecule has 0 aliphatic heterocycles. The van der Waals surface area contributed by atoms with Crippen molar-refractivity contribution in [2.24, 2.45) is 5.73 Å². The Hall–Kier alpha value is -1.40. The normalized spacial score (nSPS) is 13.1. The van der Waals surface area contributed by atoms with Gasteiger partial charge >= 0.3 is 0 Å². The SMILES string of the molecule is CC(N)CN(C)C(=O)c1ccc(S(C)(=O)=O)cc1. The highest BCUT2D eigenvalue weighted by molar-refractivity contribution is 7.90. The smallest absolute Gasteiger partial charge is 0.253 e. The van der Waals surface area contributed by atoms with Crippen molar-refractivity contribution in [1.29, 1.82) is 0 Å². The molecule has 100 valence electrons. The molecular weight excluding hydrogens is 252 g/mol. The van der Waals surface area contributed by atoms with Crippen molar-refractivity contribution in [2.45, 2.75) is 17.9 Å². The van der Waals surface area contributed by atoms with Gasteiger partial charge in [0.15, 0.2) is 9.84 Å². The lowest BCUT2D eigenvalue weighted by Crippen LogP contribution is -2.36. The number of amides is 1. The molecule has 0 aliphatic carbocycles. The summed E-state index contributed by atoms with van der Waals surface area (Å²) in [7, 11) is -1.57. The zero-order valence-corrected chi connectivity index (χ0v) is 11.6. The largest absolute Gasteiger partial charge is 0.340 e. The van der Waals surface area contributed by atoms with Gasteiger partial charge in [0.1, 0.15) is 0 Å². The Morgan fingerprint density at radius 3 is 2.22 bits per heavy atom. The lowest BCUT2D eigenvalue weighted by atomic mass is 10.2. The van der Waals surface area contributed by atoms with Gasteiger partial charge in [-0.05, 0) is 31.2 Å². The van der Waals surface area contributed by atoms with Gasteiger partial charge in [-0.2, -0.15) is 0 Å². The molecule has 1 amide bonds. The Bertz CT molecular complexity index is 521. The van der Waals surface area contributed by atoms with Crippen LogP contribution in [0, 0.1) is 0 Å². The first-order chi connectivity index (χ1) is 8.21. The number of carbonyl (C=O) groups is 1. The Morgan fingerprint density at radius 2 is 1.83 bits per heavy atom. The van der Waals surface area contributed by atoms with Crippen LogP contribution in [0.15, 0.2) is 29.2 Å². The van der Waals surface area contributed by atoms with Crippen molar-refractivity contribution in [1.82, 2.24) is 4.90 Å². The minimum absolute atomic E-state index is 0.103. The fraction of sp³-hybridized carbons (Fsp3) is 0.417. The third-order valence-corrected chi connectivity index (χ3v) is 3.57. The van der Waals surface area contributed by atoms with Gasteiger partial charge in [-0.1, -0.05) is 0 Å². The summed E-state index contributed by atoms with van der Waals surface area (Å²) in [5.74, 6) is -0.174. The number of rotatable bonds is 4. The molecule has 0 bridgehead atoms. The standard InChI is InChI=1S/C12H18N2O3S/c1-9(13)8-14(2)12(15)10-4-6-11(7-5-10)18(3,16)17/h4-7,9H,8,13H2,1-3H3. The van der Waals surface area contributed by atoms with Crippen LogP contribution in [0.2, 0.25) is 0 Å². The van der Waals surface area contributed by atoms with Crippen LogP contribution >= 0.6 is 0 Å². The topological polar surface area (TPSA) is 80.5 Å². The molecule has 0 saturated carbocycles. The van der Waals surface area contributed by atoms with Gasteiger partial charge < -0.3 is 10.6 Å². The Morgan fingerprint density at radius 1 is 1.33 bits per heavy atom. The lowest BCUT2D eigenvalue weighted by molar-refractivity contribution is 0.0788. The molecule has 1 atom stereocenters. The van der Waals surface area contributed by atoms with Crippen LogP contribution in [0.5, 0.6) is 0 Å². The zero-order valence-electron chi connectivity index (χ0n) is 10.8. The number of benzene rings is 1. The molecule has 2 N–H and O–H groups in total.